The number of hydrogen-bond donors (Lipinski definition) is 2. The fourth-order valence-corrected chi connectivity index (χ4v) is 4.63. The van der Waals surface area contributed by atoms with Gasteiger partial charge in [-0.15, -0.1) is 11.3 Å². The zero-order valence-electron chi connectivity index (χ0n) is 16.4. The average Bonchev–Trinajstić information content (AvgIpc) is 3.41. The lowest BCUT2D eigenvalue weighted by Gasteiger charge is -2.33. The molecule has 0 bridgehead atoms. The summed E-state index contributed by atoms with van der Waals surface area (Å²) in [4.78, 5) is 19.7. The number of piperidine rings is 1. The maximum atomic E-state index is 12.9. The van der Waals surface area contributed by atoms with Gasteiger partial charge in [0.1, 0.15) is 5.69 Å². The number of rotatable bonds is 4. The smallest absolute Gasteiger partial charge is 0.275 e. The van der Waals surface area contributed by atoms with Crippen LogP contribution in [-0.4, -0.2) is 39.8 Å². The molecule has 0 saturated carbocycles. The third-order valence-corrected chi connectivity index (χ3v) is 6.15. The molecule has 0 radical (unpaired) electrons. The number of carbonyl (C=O) groups excluding carboxylic acids is 1. The first-order chi connectivity index (χ1) is 14.7. The van der Waals surface area contributed by atoms with E-state index in [0.717, 1.165) is 48.2 Å². The maximum absolute atomic E-state index is 12.9. The van der Waals surface area contributed by atoms with Gasteiger partial charge in [0.2, 0.25) is 5.13 Å². The van der Waals surface area contributed by atoms with Gasteiger partial charge in [-0.25, -0.2) is 9.67 Å². The van der Waals surface area contributed by atoms with Crippen LogP contribution in [0.3, 0.4) is 0 Å². The molecule has 0 unspecified atom stereocenters. The van der Waals surface area contributed by atoms with Gasteiger partial charge in [-0.1, -0.05) is 30.3 Å². The Labute approximate surface area is 178 Å². The van der Waals surface area contributed by atoms with Crippen LogP contribution in [-0.2, 0) is 0 Å². The molecule has 2 aromatic heterocycles. The standard InChI is InChI=1S/C22H22N6OS/c23-16-7-5-11-27(13-16)20-10-4-2-8-17(20)25-21(29)18-14-30-22(26-18)28-19-9-3-1-6-15(19)12-24-28/h1-4,6,8-10,12,14,16H,5,7,11,13,23H2,(H,25,29)/t16-/m0/s1. The number of amides is 1. The molecule has 1 aliphatic rings. The van der Waals surface area contributed by atoms with Crippen LogP contribution in [0.15, 0.2) is 60.1 Å². The van der Waals surface area contributed by atoms with Crippen LogP contribution in [0.2, 0.25) is 0 Å². The molecule has 3 N–H and O–H groups in total. The highest BCUT2D eigenvalue weighted by Crippen LogP contribution is 2.29. The van der Waals surface area contributed by atoms with Crippen molar-refractivity contribution in [3.05, 3.63) is 65.8 Å². The number of aromatic nitrogens is 3. The Balaban J connectivity index is 1.38. The largest absolute Gasteiger partial charge is 0.368 e. The summed E-state index contributed by atoms with van der Waals surface area (Å²) in [6, 6.07) is 15.9. The van der Waals surface area contributed by atoms with Gasteiger partial charge in [0.25, 0.3) is 5.91 Å². The SMILES string of the molecule is N[C@H]1CCCN(c2ccccc2NC(=O)c2csc(-n3ncc4ccccc43)n2)C1. The van der Waals surface area contributed by atoms with Gasteiger partial charge >= 0.3 is 0 Å². The Morgan fingerprint density at radius 2 is 2.00 bits per heavy atom. The zero-order chi connectivity index (χ0) is 20.5. The van der Waals surface area contributed by atoms with Gasteiger partial charge in [-0.05, 0) is 31.0 Å². The van der Waals surface area contributed by atoms with Gasteiger partial charge in [-0.2, -0.15) is 5.10 Å². The second-order valence-corrected chi connectivity index (χ2v) is 8.29. The van der Waals surface area contributed by atoms with Gasteiger partial charge in [-0.3, -0.25) is 4.79 Å². The highest BCUT2D eigenvalue weighted by atomic mass is 32.1. The predicted molar refractivity (Wildman–Crippen MR) is 121 cm³/mol. The number of nitrogens with zero attached hydrogens (tertiary/aromatic N) is 4. The maximum Gasteiger partial charge on any atom is 0.275 e. The van der Waals surface area contributed by atoms with Gasteiger partial charge in [0.15, 0.2) is 0 Å². The normalized spacial score (nSPS) is 16.7. The topological polar surface area (TPSA) is 89.1 Å². The molecule has 1 amide bonds. The van der Waals surface area contributed by atoms with Crippen LogP contribution in [0, 0.1) is 0 Å². The number of anilines is 2. The Bertz CT molecular complexity index is 1200. The van der Waals surface area contributed by atoms with Crippen molar-refractivity contribution >= 4 is 39.5 Å². The molecular formula is C22H22N6OS. The molecule has 2 aromatic carbocycles. The Morgan fingerprint density at radius 3 is 2.90 bits per heavy atom. The Kier molecular flexibility index (Phi) is 4.94. The van der Waals surface area contributed by atoms with E-state index in [9.17, 15) is 4.79 Å². The van der Waals surface area contributed by atoms with Crippen molar-refractivity contribution in [2.75, 3.05) is 23.3 Å². The van der Waals surface area contributed by atoms with Gasteiger partial charge in [0.05, 0.1) is 23.1 Å². The van der Waals surface area contributed by atoms with Gasteiger partial charge in [0, 0.05) is 29.9 Å². The first kappa shape index (κ1) is 18.8. The molecule has 7 nitrogen and oxygen atoms in total. The first-order valence-electron chi connectivity index (χ1n) is 9.98. The van der Waals surface area contributed by atoms with Crippen LogP contribution >= 0.6 is 11.3 Å². The second-order valence-electron chi connectivity index (χ2n) is 7.45. The van der Waals surface area contributed by atoms with E-state index in [-0.39, 0.29) is 11.9 Å². The van der Waals surface area contributed by atoms with Crippen molar-refractivity contribution in [2.45, 2.75) is 18.9 Å². The van der Waals surface area contributed by atoms with Gasteiger partial charge < -0.3 is 16.0 Å². The molecular weight excluding hydrogens is 396 g/mol. The molecule has 3 heterocycles. The lowest BCUT2D eigenvalue weighted by atomic mass is 10.1. The molecule has 8 heteroatoms. The molecule has 152 valence electrons. The Morgan fingerprint density at radius 1 is 1.17 bits per heavy atom. The number of para-hydroxylation sites is 3. The van der Waals surface area contributed by atoms with E-state index in [1.165, 1.54) is 11.3 Å². The van der Waals surface area contributed by atoms with Crippen LogP contribution in [0.4, 0.5) is 11.4 Å². The summed E-state index contributed by atoms with van der Waals surface area (Å²) < 4.78 is 1.76. The molecule has 4 aromatic rings. The van der Waals surface area contributed by atoms with E-state index >= 15 is 0 Å². The molecule has 0 aliphatic carbocycles. The van der Waals surface area contributed by atoms with Crippen molar-refractivity contribution in [1.29, 1.82) is 0 Å². The second kappa shape index (κ2) is 7.89. The van der Waals surface area contributed by atoms with Crippen molar-refractivity contribution in [1.82, 2.24) is 14.8 Å². The minimum atomic E-state index is -0.234. The van der Waals surface area contributed by atoms with Crippen LogP contribution < -0.4 is 16.0 Å². The van der Waals surface area contributed by atoms with Crippen LogP contribution in [0.5, 0.6) is 0 Å². The minimum absolute atomic E-state index is 0.160. The number of fused-ring (bicyclic) bond motifs is 1. The molecule has 0 spiro atoms. The fourth-order valence-electron chi connectivity index (χ4n) is 3.86. The van der Waals surface area contributed by atoms with E-state index in [1.54, 1.807) is 16.3 Å². The molecule has 30 heavy (non-hydrogen) atoms. The predicted octanol–water partition coefficient (Wildman–Crippen LogP) is 3.66. The molecule has 1 fully saturated rings. The summed E-state index contributed by atoms with van der Waals surface area (Å²) >= 11 is 1.40. The minimum Gasteiger partial charge on any atom is -0.368 e. The van der Waals surface area contributed by atoms with Crippen molar-refractivity contribution in [2.24, 2.45) is 5.73 Å². The summed E-state index contributed by atoms with van der Waals surface area (Å²) in [6.45, 7) is 1.73. The van der Waals surface area contributed by atoms with Crippen molar-refractivity contribution in [3.8, 4) is 5.13 Å². The number of carbonyl (C=O) groups is 1. The zero-order valence-corrected chi connectivity index (χ0v) is 17.2. The van der Waals surface area contributed by atoms with Crippen LogP contribution in [0.1, 0.15) is 23.3 Å². The third-order valence-electron chi connectivity index (χ3n) is 5.33. The number of benzene rings is 2. The number of thiazole rings is 1. The summed E-state index contributed by atoms with van der Waals surface area (Å²) in [5.74, 6) is -0.234. The summed E-state index contributed by atoms with van der Waals surface area (Å²) in [5, 5.41) is 10.9. The highest BCUT2D eigenvalue weighted by Gasteiger charge is 2.21. The van der Waals surface area contributed by atoms with Crippen molar-refractivity contribution < 1.29 is 4.79 Å². The first-order valence-corrected chi connectivity index (χ1v) is 10.9. The van der Waals surface area contributed by atoms with E-state index < -0.39 is 0 Å². The van der Waals surface area contributed by atoms with Crippen molar-refractivity contribution in [3.63, 3.8) is 0 Å². The quantitative estimate of drug-likeness (QED) is 0.528. The summed E-state index contributed by atoms with van der Waals surface area (Å²) in [6.07, 6.45) is 3.89. The molecule has 1 atom stereocenters. The lowest BCUT2D eigenvalue weighted by Crippen LogP contribution is -2.43. The Hall–Kier alpha value is -3.23. The molecule has 1 saturated heterocycles. The lowest BCUT2D eigenvalue weighted by molar-refractivity contribution is 0.102. The molecule has 5 rings (SSSR count). The van der Waals surface area contributed by atoms with E-state index in [1.807, 2.05) is 48.5 Å². The number of nitrogens with two attached hydrogens (primary N) is 1. The fraction of sp³-hybridized carbons (Fsp3) is 0.227. The monoisotopic (exact) mass is 418 g/mol. The van der Waals surface area contributed by atoms with E-state index in [4.69, 9.17) is 5.73 Å². The van der Waals surface area contributed by atoms with E-state index in [2.05, 4.69) is 20.3 Å². The average molecular weight is 419 g/mol. The molecule has 1 aliphatic heterocycles. The third kappa shape index (κ3) is 3.55. The number of nitrogens with one attached hydrogen (secondary N) is 1. The highest BCUT2D eigenvalue weighted by molar-refractivity contribution is 7.12. The number of hydrogen-bond acceptors (Lipinski definition) is 6. The van der Waals surface area contributed by atoms with E-state index in [0.29, 0.717) is 10.8 Å². The summed E-state index contributed by atoms with van der Waals surface area (Å²) in [7, 11) is 0. The summed E-state index contributed by atoms with van der Waals surface area (Å²) in [5.41, 5.74) is 9.25. The van der Waals surface area contributed by atoms with Crippen LogP contribution in [0.25, 0.3) is 16.0 Å².